The van der Waals surface area contributed by atoms with E-state index in [0.717, 1.165) is 43.4 Å². The molecule has 1 fully saturated rings. The number of hydrogen-bond donors (Lipinski definition) is 1. The summed E-state index contributed by atoms with van der Waals surface area (Å²) >= 11 is 0. The maximum atomic E-state index is 13.8. The topological polar surface area (TPSA) is 90.9 Å². The molecule has 0 saturated heterocycles. The lowest BCUT2D eigenvalue weighted by atomic mass is 9.69. The van der Waals surface area contributed by atoms with Crippen LogP contribution in [0.2, 0.25) is 0 Å². The lowest BCUT2D eigenvalue weighted by Gasteiger charge is -2.38. The predicted octanol–water partition coefficient (Wildman–Crippen LogP) is 4.57. The lowest BCUT2D eigenvalue weighted by molar-refractivity contribution is -0.151. The molecule has 1 aliphatic heterocycles. The van der Waals surface area contributed by atoms with Crippen molar-refractivity contribution in [1.82, 2.24) is 5.32 Å². The molecule has 2 aliphatic carbocycles. The van der Waals surface area contributed by atoms with Gasteiger partial charge in [-0.1, -0.05) is 25.5 Å². The number of dihydropyridines is 1. The Bertz CT molecular complexity index is 1060. The van der Waals surface area contributed by atoms with Crippen molar-refractivity contribution in [2.75, 3.05) is 13.7 Å². The number of ketones is 1. The van der Waals surface area contributed by atoms with Gasteiger partial charge in [-0.2, -0.15) is 0 Å². The van der Waals surface area contributed by atoms with E-state index in [1.165, 1.54) is 7.11 Å². The second-order valence-electron chi connectivity index (χ2n) is 9.71. The van der Waals surface area contributed by atoms with Gasteiger partial charge in [-0.3, -0.25) is 9.59 Å². The van der Waals surface area contributed by atoms with Gasteiger partial charge in [0.25, 0.3) is 0 Å². The van der Waals surface area contributed by atoms with Crippen LogP contribution in [0, 0.1) is 11.8 Å². The van der Waals surface area contributed by atoms with Gasteiger partial charge in [0.15, 0.2) is 5.78 Å². The highest BCUT2D eigenvalue weighted by molar-refractivity contribution is 6.12. The Morgan fingerprint density at radius 3 is 2.57 bits per heavy atom. The van der Waals surface area contributed by atoms with E-state index in [-0.39, 0.29) is 17.8 Å². The number of carbonyl (C=O) groups is 3. The van der Waals surface area contributed by atoms with Crippen LogP contribution in [0.3, 0.4) is 0 Å². The lowest BCUT2D eigenvalue weighted by Crippen LogP contribution is -2.43. The molecule has 1 aromatic carbocycles. The zero-order valence-electron chi connectivity index (χ0n) is 21.0. The van der Waals surface area contributed by atoms with E-state index in [4.69, 9.17) is 14.2 Å². The van der Waals surface area contributed by atoms with E-state index in [1.54, 1.807) is 0 Å². The summed E-state index contributed by atoms with van der Waals surface area (Å²) < 4.78 is 16.7. The van der Waals surface area contributed by atoms with Crippen molar-refractivity contribution < 1.29 is 28.6 Å². The first-order valence-electron chi connectivity index (χ1n) is 12.6. The van der Waals surface area contributed by atoms with Crippen LogP contribution in [0.15, 0.2) is 46.8 Å². The van der Waals surface area contributed by atoms with Crippen molar-refractivity contribution in [3.63, 3.8) is 0 Å². The standard InChI is InChI=1S/C28H35NO6/c1-5-34-20-13-9-10-18(15-20)24-23(28(32)35-19-11-7-6-8-12-19)17(3)29-21-14-16(2)22(27(31)33-4)26(30)25(21)24/h9-10,13,15-16,19,22,24,29H,5-8,11-12,14H2,1-4H3/t16-,22+,24+/m1/s1. The number of methoxy groups -OCH3 is 1. The Hall–Kier alpha value is -3.09. The number of ether oxygens (including phenoxy) is 3. The molecular formula is C28H35NO6. The first-order valence-corrected chi connectivity index (χ1v) is 12.6. The number of hydrogen-bond acceptors (Lipinski definition) is 7. The smallest absolute Gasteiger partial charge is 0.337 e. The van der Waals surface area contributed by atoms with Crippen molar-refractivity contribution in [3.8, 4) is 5.75 Å². The van der Waals surface area contributed by atoms with Crippen LogP contribution in [0.1, 0.15) is 70.8 Å². The molecule has 0 bridgehead atoms. The van der Waals surface area contributed by atoms with Crippen LogP contribution in [-0.2, 0) is 23.9 Å². The van der Waals surface area contributed by atoms with E-state index in [1.807, 2.05) is 45.0 Å². The number of benzene rings is 1. The second-order valence-corrected chi connectivity index (χ2v) is 9.71. The summed E-state index contributed by atoms with van der Waals surface area (Å²) in [6.07, 6.45) is 5.33. The predicted molar refractivity (Wildman–Crippen MR) is 130 cm³/mol. The summed E-state index contributed by atoms with van der Waals surface area (Å²) in [5, 5.41) is 3.32. The van der Waals surface area contributed by atoms with Gasteiger partial charge in [0.2, 0.25) is 0 Å². The number of nitrogens with one attached hydrogen (secondary N) is 1. The third-order valence-electron chi connectivity index (χ3n) is 7.29. The third-order valence-corrected chi connectivity index (χ3v) is 7.29. The Morgan fingerprint density at radius 1 is 1.14 bits per heavy atom. The van der Waals surface area contributed by atoms with Crippen molar-refractivity contribution in [1.29, 1.82) is 0 Å². The highest BCUT2D eigenvalue weighted by atomic mass is 16.5. The average Bonchev–Trinajstić information content (AvgIpc) is 2.84. The molecule has 0 radical (unpaired) electrons. The summed E-state index contributed by atoms with van der Waals surface area (Å²) in [5.41, 5.74) is 3.03. The fraction of sp³-hybridized carbons (Fsp3) is 0.536. The molecule has 1 aromatic rings. The van der Waals surface area contributed by atoms with Gasteiger partial charge in [-0.25, -0.2) is 4.79 Å². The monoisotopic (exact) mass is 481 g/mol. The fourth-order valence-electron chi connectivity index (χ4n) is 5.63. The van der Waals surface area contributed by atoms with Gasteiger partial charge in [-0.05, 0) is 69.6 Å². The molecule has 1 N–H and O–H groups in total. The number of allylic oxidation sites excluding steroid dienone is 3. The van der Waals surface area contributed by atoms with Crippen LogP contribution in [0.5, 0.6) is 5.75 Å². The summed E-state index contributed by atoms with van der Waals surface area (Å²) in [7, 11) is 1.30. The van der Waals surface area contributed by atoms with Crippen molar-refractivity contribution in [3.05, 3.63) is 52.4 Å². The van der Waals surface area contributed by atoms with Gasteiger partial charge >= 0.3 is 11.9 Å². The molecule has 1 saturated carbocycles. The quantitative estimate of drug-likeness (QED) is 0.470. The Balaban J connectivity index is 1.79. The van der Waals surface area contributed by atoms with Gasteiger partial charge in [0, 0.05) is 22.9 Å². The third kappa shape index (κ3) is 5.00. The van der Waals surface area contributed by atoms with E-state index in [9.17, 15) is 14.4 Å². The van der Waals surface area contributed by atoms with Crippen LogP contribution < -0.4 is 10.1 Å². The molecule has 1 heterocycles. The van der Waals surface area contributed by atoms with Crippen molar-refractivity contribution >= 4 is 17.7 Å². The summed E-state index contributed by atoms with van der Waals surface area (Å²) in [6, 6.07) is 7.46. The number of rotatable bonds is 6. The molecule has 0 aromatic heterocycles. The molecule has 3 aliphatic rings. The Kier molecular flexibility index (Phi) is 7.63. The van der Waals surface area contributed by atoms with Gasteiger partial charge in [0.05, 0.1) is 19.3 Å². The number of esters is 2. The van der Waals surface area contributed by atoms with Crippen molar-refractivity contribution in [2.24, 2.45) is 11.8 Å². The SMILES string of the molecule is CCOc1cccc([C@H]2C(C(=O)OC3CCCCC3)=C(C)NC3=C2C(=O)[C@@H](C(=O)OC)[C@H](C)C3)c1. The molecular weight excluding hydrogens is 446 g/mol. The molecule has 35 heavy (non-hydrogen) atoms. The zero-order valence-corrected chi connectivity index (χ0v) is 21.0. The number of carbonyl (C=O) groups excluding carboxylic acids is 3. The molecule has 0 spiro atoms. The summed E-state index contributed by atoms with van der Waals surface area (Å²) in [6.45, 7) is 6.13. The highest BCUT2D eigenvalue weighted by Crippen LogP contribution is 2.46. The minimum Gasteiger partial charge on any atom is -0.494 e. The zero-order chi connectivity index (χ0) is 25.1. The first-order chi connectivity index (χ1) is 16.8. The molecule has 3 atom stereocenters. The summed E-state index contributed by atoms with van der Waals surface area (Å²) in [4.78, 5) is 40.0. The fourth-order valence-corrected chi connectivity index (χ4v) is 5.63. The maximum absolute atomic E-state index is 13.8. The van der Waals surface area contributed by atoms with Crippen LogP contribution in [0.4, 0.5) is 0 Å². The maximum Gasteiger partial charge on any atom is 0.337 e. The van der Waals surface area contributed by atoms with Crippen LogP contribution in [0.25, 0.3) is 0 Å². The van der Waals surface area contributed by atoms with E-state index in [2.05, 4.69) is 5.32 Å². The minimum atomic E-state index is -0.910. The number of Topliss-reactive ketones (excluding diaryl/α,β-unsaturated/α-hetero) is 1. The van der Waals surface area contributed by atoms with Crippen molar-refractivity contribution in [2.45, 2.75) is 71.3 Å². The second kappa shape index (κ2) is 10.7. The molecule has 188 valence electrons. The van der Waals surface area contributed by atoms with Gasteiger partial charge in [0.1, 0.15) is 17.8 Å². The highest BCUT2D eigenvalue weighted by Gasteiger charge is 2.47. The minimum absolute atomic E-state index is 0.118. The van der Waals surface area contributed by atoms with E-state index in [0.29, 0.717) is 35.6 Å². The molecule has 0 amide bonds. The van der Waals surface area contributed by atoms with Gasteiger partial charge < -0.3 is 19.5 Å². The first kappa shape index (κ1) is 25.0. The summed E-state index contributed by atoms with van der Waals surface area (Å²) in [5.74, 6) is -2.40. The Morgan fingerprint density at radius 2 is 1.89 bits per heavy atom. The van der Waals surface area contributed by atoms with Crippen LogP contribution >= 0.6 is 0 Å². The van der Waals surface area contributed by atoms with E-state index < -0.39 is 23.8 Å². The molecule has 4 rings (SSSR count). The Labute approximate surface area is 206 Å². The average molecular weight is 482 g/mol. The van der Waals surface area contributed by atoms with E-state index >= 15 is 0 Å². The van der Waals surface area contributed by atoms with Gasteiger partial charge in [-0.15, -0.1) is 0 Å². The normalized spacial score (nSPS) is 25.0. The van der Waals surface area contributed by atoms with Crippen LogP contribution in [-0.4, -0.2) is 37.5 Å². The molecule has 0 unspecified atom stereocenters. The molecule has 7 heteroatoms. The largest absolute Gasteiger partial charge is 0.494 e. The molecule has 7 nitrogen and oxygen atoms in total.